The van der Waals surface area contributed by atoms with Crippen molar-refractivity contribution in [2.24, 2.45) is 0 Å². The number of hydrogen-bond acceptors (Lipinski definition) is 6. The minimum absolute atomic E-state index is 0.0323. The van der Waals surface area contributed by atoms with E-state index >= 15 is 0 Å². The average Bonchev–Trinajstić information content (AvgIpc) is 2.87. The van der Waals surface area contributed by atoms with E-state index in [4.69, 9.17) is 15.2 Å². The number of rotatable bonds is 12. The van der Waals surface area contributed by atoms with E-state index in [-0.39, 0.29) is 30.4 Å². The summed E-state index contributed by atoms with van der Waals surface area (Å²) in [6.45, 7) is 4.79. The van der Waals surface area contributed by atoms with Crippen molar-refractivity contribution in [2.75, 3.05) is 24.4 Å². The lowest BCUT2D eigenvalue weighted by atomic mass is 10.1. The molecule has 0 bridgehead atoms. The number of aromatic amines is 1. The third-order valence-corrected chi connectivity index (χ3v) is 5.92. The van der Waals surface area contributed by atoms with Crippen LogP contribution in [0.1, 0.15) is 44.2 Å². The van der Waals surface area contributed by atoms with E-state index in [1.54, 1.807) is 13.2 Å². The number of aromatic nitrogens is 2. The minimum atomic E-state index is -0.705. The first kappa shape index (κ1) is 26.6. The molecular formula is C27H34N4O5. The smallest absolute Gasteiger partial charge is 0.330 e. The van der Waals surface area contributed by atoms with Gasteiger partial charge < -0.3 is 15.2 Å². The molecule has 3 N–H and O–H groups in total. The highest BCUT2D eigenvalue weighted by Gasteiger charge is 2.25. The molecule has 3 rings (SSSR count). The number of nitrogens with one attached hydrogen (secondary N) is 1. The van der Waals surface area contributed by atoms with Gasteiger partial charge in [0.25, 0.3) is 5.56 Å². The number of amides is 1. The van der Waals surface area contributed by atoms with Gasteiger partial charge in [0.2, 0.25) is 5.91 Å². The molecule has 1 amide bonds. The quantitative estimate of drug-likeness (QED) is 0.398. The molecule has 36 heavy (non-hydrogen) atoms. The number of anilines is 2. The largest absolute Gasteiger partial charge is 0.496 e. The molecule has 9 nitrogen and oxygen atoms in total. The number of nitrogens with zero attached hydrogens (tertiary/aromatic N) is 2. The second-order valence-electron chi connectivity index (χ2n) is 8.33. The Morgan fingerprint density at radius 2 is 1.69 bits per heavy atom. The fraction of sp³-hybridized carbons (Fsp3) is 0.370. The Hall–Kier alpha value is -4.01. The molecule has 0 spiro atoms. The van der Waals surface area contributed by atoms with Crippen LogP contribution in [0.15, 0.2) is 58.1 Å². The summed E-state index contributed by atoms with van der Waals surface area (Å²) in [5, 5.41) is 0. The van der Waals surface area contributed by atoms with Crippen LogP contribution in [0, 0.1) is 0 Å². The second-order valence-corrected chi connectivity index (χ2v) is 8.33. The van der Waals surface area contributed by atoms with Gasteiger partial charge in [-0.3, -0.25) is 24.0 Å². The van der Waals surface area contributed by atoms with Crippen LogP contribution in [-0.4, -0.2) is 29.2 Å². The summed E-state index contributed by atoms with van der Waals surface area (Å²) in [7, 11) is 1.54. The molecule has 0 saturated carbocycles. The first-order valence-corrected chi connectivity index (χ1v) is 12.2. The summed E-state index contributed by atoms with van der Waals surface area (Å²) >= 11 is 0. The van der Waals surface area contributed by atoms with Crippen LogP contribution in [-0.2, 0) is 24.3 Å². The summed E-state index contributed by atoms with van der Waals surface area (Å²) in [4.78, 5) is 42.8. The number of nitrogens with two attached hydrogens (primary N) is 1. The Morgan fingerprint density at radius 3 is 2.36 bits per heavy atom. The Balaban J connectivity index is 2.03. The molecule has 1 heterocycles. The lowest BCUT2D eigenvalue weighted by molar-refractivity contribution is -0.118. The van der Waals surface area contributed by atoms with Crippen molar-refractivity contribution < 1.29 is 14.3 Å². The van der Waals surface area contributed by atoms with Crippen molar-refractivity contribution in [1.82, 2.24) is 9.55 Å². The van der Waals surface area contributed by atoms with E-state index in [0.29, 0.717) is 37.3 Å². The molecule has 0 aliphatic rings. The number of H-pyrrole nitrogens is 1. The van der Waals surface area contributed by atoms with Crippen molar-refractivity contribution in [1.29, 1.82) is 0 Å². The van der Waals surface area contributed by atoms with Gasteiger partial charge in [-0.15, -0.1) is 0 Å². The van der Waals surface area contributed by atoms with Crippen LogP contribution in [0.25, 0.3) is 0 Å². The molecule has 0 unspecified atom stereocenters. The number of unbranched alkanes of at least 4 members (excludes halogenated alkanes) is 1. The first-order chi connectivity index (χ1) is 17.4. The monoisotopic (exact) mass is 494 g/mol. The van der Waals surface area contributed by atoms with Gasteiger partial charge in [0.1, 0.15) is 17.3 Å². The van der Waals surface area contributed by atoms with Gasteiger partial charge in [-0.25, -0.2) is 4.79 Å². The number of methoxy groups -OCH3 is 1. The van der Waals surface area contributed by atoms with Crippen LogP contribution in [0.4, 0.5) is 11.5 Å². The van der Waals surface area contributed by atoms with Crippen molar-refractivity contribution in [3.63, 3.8) is 0 Å². The number of aryl methyl sites for hydroxylation is 1. The summed E-state index contributed by atoms with van der Waals surface area (Å²) in [6.07, 6.45) is 2.05. The van der Waals surface area contributed by atoms with E-state index in [2.05, 4.69) is 4.98 Å². The van der Waals surface area contributed by atoms with Crippen LogP contribution in [0.5, 0.6) is 11.5 Å². The Labute approximate surface area is 210 Å². The van der Waals surface area contributed by atoms with Gasteiger partial charge in [0, 0.05) is 18.5 Å². The predicted molar refractivity (Wildman–Crippen MR) is 141 cm³/mol. The predicted octanol–water partition coefficient (Wildman–Crippen LogP) is 3.49. The summed E-state index contributed by atoms with van der Waals surface area (Å²) < 4.78 is 12.5. The van der Waals surface area contributed by atoms with E-state index in [1.807, 2.05) is 56.3 Å². The summed E-state index contributed by atoms with van der Waals surface area (Å²) in [5.41, 5.74) is 6.61. The van der Waals surface area contributed by atoms with E-state index in [9.17, 15) is 14.4 Å². The van der Waals surface area contributed by atoms with Gasteiger partial charge in [-0.1, -0.05) is 49.7 Å². The zero-order valence-electron chi connectivity index (χ0n) is 21.1. The van der Waals surface area contributed by atoms with E-state index in [0.717, 1.165) is 17.7 Å². The number of ether oxygens (including phenoxy) is 2. The number of hydrogen-bond donors (Lipinski definition) is 2. The molecule has 0 aliphatic carbocycles. The van der Waals surface area contributed by atoms with Crippen molar-refractivity contribution in [3.8, 4) is 11.5 Å². The number of benzene rings is 2. The fourth-order valence-electron chi connectivity index (χ4n) is 4.06. The maximum Gasteiger partial charge on any atom is 0.330 e. The lowest BCUT2D eigenvalue weighted by Crippen LogP contribution is -2.41. The zero-order chi connectivity index (χ0) is 26.1. The van der Waals surface area contributed by atoms with Gasteiger partial charge in [-0.2, -0.15) is 0 Å². The highest BCUT2D eigenvalue weighted by molar-refractivity contribution is 5.95. The van der Waals surface area contributed by atoms with Crippen LogP contribution >= 0.6 is 0 Å². The zero-order valence-corrected chi connectivity index (χ0v) is 21.1. The van der Waals surface area contributed by atoms with Gasteiger partial charge in [-0.05, 0) is 37.5 Å². The molecule has 3 aromatic rings. The van der Waals surface area contributed by atoms with Crippen LogP contribution < -0.4 is 31.4 Å². The molecule has 0 aliphatic heterocycles. The van der Waals surface area contributed by atoms with E-state index in [1.165, 1.54) is 9.47 Å². The topological polar surface area (TPSA) is 120 Å². The summed E-state index contributed by atoms with van der Waals surface area (Å²) in [5.74, 6) is 0.945. The van der Waals surface area contributed by atoms with Crippen LogP contribution in [0.3, 0.4) is 0 Å². The van der Waals surface area contributed by atoms with E-state index < -0.39 is 11.2 Å². The molecule has 9 heteroatoms. The molecular weight excluding hydrogens is 460 g/mol. The molecule has 0 radical (unpaired) electrons. The highest BCUT2D eigenvalue weighted by Crippen LogP contribution is 2.26. The molecule has 0 fully saturated rings. The molecule has 0 atom stereocenters. The average molecular weight is 495 g/mol. The second kappa shape index (κ2) is 12.6. The van der Waals surface area contributed by atoms with Crippen LogP contribution in [0.2, 0.25) is 0 Å². The molecule has 2 aromatic carbocycles. The van der Waals surface area contributed by atoms with Gasteiger partial charge in [0.05, 0.1) is 20.3 Å². The normalized spacial score (nSPS) is 10.8. The Morgan fingerprint density at radius 1 is 1.03 bits per heavy atom. The number of carbonyl (C=O) groups excluding carboxylic acids is 1. The number of para-hydroxylation sites is 2. The maximum atomic E-state index is 13.7. The van der Waals surface area contributed by atoms with Crippen molar-refractivity contribution in [3.05, 3.63) is 80.5 Å². The van der Waals surface area contributed by atoms with Gasteiger partial charge in [0.15, 0.2) is 5.69 Å². The Bertz CT molecular complexity index is 1300. The molecule has 192 valence electrons. The standard InChI is InChI=1S/C27H34N4O5/c1-4-6-17-30-25(28)24(26(33)29-27(30)34)31(18-20-12-8-9-13-21(20)35-3)23(32)16-15-19-11-7-10-14-22(19)36-5-2/h7-14H,4-6,15-18,28H2,1-3H3,(H,29,33,34). The third-order valence-electron chi connectivity index (χ3n) is 5.92. The SMILES string of the molecule is CCCCn1c(N)c(N(Cc2ccccc2OC)C(=O)CCc2ccccc2OCC)c(=O)[nH]c1=O. The summed E-state index contributed by atoms with van der Waals surface area (Å²) in [6, 6.07) is 14.8. The van der Waals surface area contributed by atoms with Gasteiger partial charge >= 0.3 is 5.69 Å². The molecule has 1 aromatic heterocycles. The maximum absolute atomic E-state index is 13.7. The minimum Gasteiger partial charge on any atom is -0.496 e. The van der Waals surface area contributed by atoms with Crippen molar-refractivity contribution >= 4 is 17.4 Å². The first-order valence-electron chi connectivity index (χ1n) is 12.2. The highest BCUT2D eigenvalue weighted by atomic mass is 16.5. The van der Waals surface area contributed by atoms with Crippen molar-refractivity contribution in [2.45, 2.75) is 52.6 Å². The fourth-order valence-corrected chi connectivity index (χ4v) is 4.06. The third kappa shape index (κ3) is 6.16. The number of nitrogen functional groups attached to an aromatic ring is 1. The number of carbonyl (C=O) groups is 1. The Kier molecular flexibility index (Phi) is 9.32. The molecule has 0 saturated heterocycles. The lowest BCUT2D eigenvalue weighted by Gasteiger charge is -2.25.